The van der Waals surface area contributed by atoms with Crippen LogP contribution < -0.4 is 0 Å². The number of thioether (sulfide) groups is 1. The molecule has 0 amide bonds. The van der Waals surface area contributed by atoms with Crippen molar-refractivity contribution in [2.45, 2.75) is 38.1 Å². The second kappa shape index (κ2) is 7.71. The zero-order chi connectivity index (χ0) is 20.6. The Balaban J connectivity index is 1.85. The predicted octanol–water partition coefficient (Wildman–Crippen LogP) is 4.13. The highest BCUT2D eigenvalue weighted by atomic mass is 32.2. The van der Waals surface area contributed by atoms with E-state index in [1.165, 1.54) is 24.8 Å². The quantitative estimate of drug-likeness (QED) is 0.497. The average molecular weight is 400 g/mol. The van der Waals surface area contributed by atoms with Gasteiger partial charge in [0.05, 0.1) is 16.5 Å². The number of ketones is 2. The molecule has 0 aliphatic rings. The van der Waals surface area contributed by atoms with Gasteiger partial charge in [-0.1, -0.05) is 23.9 Å². The lowest BCUT2D eigenvalue weighted by Gasteiger charge is -2.10. The first-order valence-electron chi connectivity index (χ1n) is 8.77. The van der Waals surface area contributed by atoms with Gasteiger partial charge in [0, 0.05) is 18.3 Å². The highest BCUT2D eigenvalue weighted by molar-refractivity contribution is 8.00. The molecule has 1 atom stereocenters. The van der Waals surface area contributed by atoms with Crippen LogP contribution in [-0.2, 0) is 7.05 Å². The van der Waals surface area contributed by atoms with E-state index in [9.17, 15) is 14.0 Å². The van der Waals surface area contributed by atoms with Gasteiger partial charge in [-0.05, 0) is 45.4 Å². The molecule has 6 nitrogen and oxygen atoms in total. The van der Waals surface area contributed by atoms with Crippen LogP contribution in [-0.4, -0.2) is 36.6 Å². The molecule has 3 aromatic rings. The number of aryl methyl sites for hydroxylation is 1. The van der Waals surface area contributed by atoms with Crippen LogP contribution in [0.15, 0.2) is 29.4 Å². The van der Waals surface area contributed by atoms with Gasteiger partial charge in [0.2, 0.25) is 0 Å². The van der Waals surface area contributed by atoms with E-state index in [0.29, 0.717) is 39.1 Å². The van der Waals surface area contributed by atoms with Crippen molar-refractivity contribution in [3.63, 3.8) is 0 Å². The Morgan fingerprint density at radius 3 is 2.50 bits per heavy atom. The van der Waals surface area contributed by atoms with Crippen molar-refractivity contribution in [2.75, 3.05) is 0 Å². The lowest BCUT2D eigenvalue weighted by Crippen LogP contribution is -2.16. The van der Waals surface area contributed by atoms with Gasteiger partial charge >= 0.3 is 0 Å². The molecule has 28 heavy (non-hydrogen) atoms. The summed E-state index contributed by atoms with van der Waals surface area (Å²) in [6.45, 7) is 6.80. The molecule has 0 radical (unpaired) electrons. The predicted molar refractivity (Wildman–Crippen MR) is 106 cm³/mol. The second-order valence-electron chi connectivity index (χ2n) is 6.65. The topological polar surface area (TPSA) is 80.6 Å². The van der Waals surface area contributed by atoms with Crippen LogP contribution in [0.3, 0.4) is 0 Å². The molecule has 2 heterocycles. The minimum Gasteiger partial charge on any atom is -0.355 e. The Hall–Kier alpha value is -2.74. The lowest BCUT2D eigenvalue weighted by atomic mass is 10.0. The van der Waals surface area contributed by atoms with E-state index in [1.54, 1.807) is 50.6 Å². The molecule has 0 aliphatic heterocycles. The molecule has 1 aromatic carbocycles. The van der Waals surface area contributed by atoms with Crippen molar-refractivity contribution >= 4 is 23.3 Å². The number of carbonyl (C=O) groups is 2. The molecule has 8 heteroatoms. The summed E-state index contributed by atoms with van der Waals surface area (Å²) in [5.74, 6) is -0.194. The number of aromatic amines is 1. The van der Waals surface area contributed by atoms with Gasteiger partial charge in [-0.3, -0.25) is 9.59 Å². The summed E-state index contributed by atoms with van der Waals surface area (Å²) in [6, 6.07) is 6.35. The van der Waals surface area contributed by atoms with Crippen molar-refractivity contribution in [2.24, 2.45) is 7.05 Å². The van der Waals surface area contributed by atoms with Gasteiger partial charge in [-0.15, -0.1) is 10.2 Å². The maximum absolute atomic E-state index is 14.1. The first-order chi connectivity index (χ1) is 13.2. The van der Waals surface area contributed by atoms with E-state index in [1.807, 2.05) is 0 Å². The molecule has 0 saturated heterocycles. The number of hydrogen-bond acceptors (Lipinski definition) is 5. The summed E-state index contributed by atoms with van der Waals surface area (Å²) in [7, 11) is 1.74. The zero-order valence-corrected chi connectivity index (χ0v) is 17.1. The number of hydrogen-bond donors (Lipinski definition) is 1. The number of nitrogens with zero attached hydrogens (tertiary/aromatic N) is 3. The van der Waals surface area contributed by atoms with E-state index in [4.69, 9.17) is 0 Å². The molecule has 146 valence electrons. The third-order valence-corrected chi connectivity index (χ3v) is 5.77. The van der Waals surface area contributed by atoms with Crippen LogP contribution in [0.25, 0.3) is 11.4 Å². The highest BCUT2D eigenvalue weighted by Crippen LogP contribution is 2.29. The van der Waals surface area contributed by atoms with Gasteiger partial charge in [-0.25, -0.2) is 4.39 Å². The van der Waals surface area contributed by atoms with Crippen molar-refractivity contribution in [1.29, 1.82) is 0 Å². The molecule has 1 N–H and O–H groups in total. The maximum Gasteiger partial charge on any atom is 0.192 e. The van der Waals surface area contributed by atoms with Gasteiger partial charge in [0.25, 0.3) is 0 Å². The van der Waals surface area contributed by atoms with Gasteiger partial charge in [-0.2, -0.15) is 0 Å². The minimum atomic E-state index is -0.465. The molecule has 3 rings (SSSR count). The van der Waals surface area contributed by atoms with E-state index < -0.39 is 5.25 Å². The standard InChI is InChI=1S/C20H21FN4O2S/c1-10-16(12(3)26)11(2)22-17(10)18(27)13(4)28-20-24-23-19(25(20)5)14-8-6-7-9-15(14)21/h6-9,13,22H,1-5H3/t13-/m0/s1. The first kappa shape index (κ1) is 20.0. The lowest BCUT2D eigenvalue weighted by molar-refractivity contribution is 0.0988. The largest absolute Gasteiger partial charge is 0.355 e. The minimum absolute atomic E-state index is 0.0755. The molecule has 0 fully saturated rings. The summed E-state index contributed by atoms with van der Waals surface area (Å²) >= 11 is 1.24. The smallest absolute Gasteiger partial charge is 0.192 e. The number of H-pyrrole nitrogens is 1. The summed E-state index contributed by atoms with van der Waals surface area (Å²) < 4.78 is 15.7. The number of carbonyl (C=O) groups excluding carboxylic acids is 2. The Kier molecular flexibility index (Phi) is 5.51. The molecule has 0 aliphatic carbocycles. The van der Waals surface area contributed by atoms with Crippen LogP contribution in [0.1, 0.15) is 46.0 Å². The van der Waals surface area contributed by atoms with Crippen LogP contribution in [0, 0.1) is 19.7 Å². The first-order valence-corrected chi connectivity index (χ1v) is 9.65. The molecule has 0 bridgehead atoms. The average Bonchev–Trinajstić information content (AvgIpc) is 3.14. The number of halogens is 1. The second-order valence-corrected chi connectivity index (χ2v) is 7.96. The fourth-order valence-corrected chi connectivity index (χ4v) is 4.11. The van der Waals surface area contributed by atoms with Crippen LogP contribution in [0.2, 0.25) is 0 Å². The summed E-state index contributed by atoms with van der Waals surface area (Å²) in [5, 5.41) is 8.24. The van der Waals surface area contributed by atoms with Crippen molar-refractivity contribution < 1.29 is 14.0 Å². The number of Topliss-reactive ketones (excluding diaryl/α,β-unsaturated/α-hetero) is 2. The third-order valence-electron chi connectivity index (χ3n) is 4.64. The molecular formula is C20H21FN4O2S. The molecule has 2 aromatic heterocycles. The Bertz CT molecular complexity index is 1070. The summed E-state index contributed by atoms with van der Waals surface area (Å²) in [6.07, 6.45) is 0. The summed E-state index contributed by atoms with van der Waals surface area (Å²) in [5.41, 5.74) is 2.68. The van der Waals surface area contributed by atoms with E-state index >= 15 is 0 Å². The van der Waals surface area contributed by atoms with Crippen LogP contribution in [0.4, 0.5) is 4.39 Å². The molecule has 0 unspecified atom stereocenters. The van der Waals surface area contributed by atoms with Crippen LogP contribution in [0.5, 0.6) is 0 Å². The highest BCUT2D eigenvalue weighted by Gasteiger charge is 2.26. The van der Waals surface area contributed by atoms with Crippen molar-refractivity contribution in [1.82, 2.24) is 19.7 Å². The SMILES string of the molecule is CC(=O)c1c(C)[nH]c(C(=O)[C@H](C)Sc2nnc(-c3ccccc3F)n2C)c1C. The molecular weight excluding hydrogens is 379 g/mol. The number of benzene rings is 1. The normalized spacial score (nSPS) is 12.2. The fraction of sp³-hybridized carbons (Fsp3) is 0.300. The Morgan fingerprint density at radius 2 is 1.89 bits per heavy atom. The number of aromatic nitrogens is 4. The summed E-state index contributed by atoms with van der Waals surface area (Å²) in [4.78, 5) is 27.8. The number of nitrogens with one attached hydrogen (secondary N) is 1. The monoisotopic (exact) mass is 400 g/mol. The fourth-order valence-electron chi connectivity index (χ4n) is 3.23. The number of rotatable bonds is 6. The van der Waals surface area contributed by atoms with Crippen molar-refractivity contribution in [3.05, 3.63) is 52.6 Å². The maximum atomic E-state index is 14.1. The van der Waals surface area contributed by atoms with Crippen LogP contribution >= 0.6 is 11.8 Å². The molecule has 0 spiro atoms. The molecule has 0 saturated carbocycles. The Labute approximate surface area is 166 Å². The van der Waals surface area contributed by atoms with Crippen molar-refractivity contribution in [3.8, 4) is 11.4 Å². The van der Waals surface area contributed by atoms with Gasteiger partial charge < -0.3 is 9.55 Å². The van der Waals surface area contributed by atoms with E-state index in [2.05, 4.69) is 15.2 Å². The van der Waals surface area contributed by atoms with E-state index in [0.717, 1.165) is 0 Å². The third kappa shape index (κ3) is 3.52. The van der Waals surface area contributed by atoms with E-state index in [-0.39, 0.29) is 17.4 Å². The zero-order valence-electron chi connectivity index (χ0n) is 16.3. The van der Waals surface area contributed by atoms with Gasteiger partial charge in [0.1, 0.15) is 5.82 Å². The Morgan fingerprint density at radius 1 is 1.21 bits per heavy atom. The van der Waals surface area contributed by atoms with Gasteiger partial charge in [0.15, 0.2) is 22.5 Å².